The maximum absolute atomic E-state index is 8.33. The molecule has 0 radical (unpaired) electrons. The van der Waals surface area contributed by atoms with Crippen LogP contribution in [0.3, 0.4) is 0 Å². The van der Waals surface area contributed by atoms with E-state index < -0.39 is 6.16 Å². The standard InChI is InChI=1S/CH2O3.Ag.Ca/c2-1(3)4;;/h(H2,2,3,4);;/q;+1;+2/p-2. The van der Waals surface area contributed by atoms with Crippen molar-refractivity contribution in [1.29, 1.82) is 0 Å². The number of hydrogen-bond acceptors (Lipinski definition) is 3. The molecule has 0 fully saturated rings. The van der Waals surface area contributed by atoms with E-state index in [1.807, 2.05) is 0 Å². The fraction of sp³-hybridized carbons (Fsp3) is 0. The van der Waals surface area contributed by atoms with Crippen LogP contribution < -0.4 is 10.2 Å². The Bertz CT molecular complexity index is 33.8. The Kier molecular flexibility index (Phi) is 25.0. The first-order valence-electron chi connectivity index (χ1n) is 0.612. The fourth-order valence-corrected chi connectivity index (χ4v) is 0. The molecule has 0 aromatic carbocycles. The van der Waals surface area contributed by atoms with Gasteiger partial charge in [-0.25, -0.2) is 0 Å². The molecule has 0 aromatic rings. The second kappa shape index (κ2) is 9.55. The first kappa shape index (κ1) is 15.7. The van der Waals surface area contributed by atoms with Crippen molar-refractivity contribution in [2.24, 2.45) is 0 Å². The van der Waals surface area contributed by atoms with Crippen molar-refractivity contribution < 1.29 is 37.4 Å². The molecule has 0 N–H and O–H groups in total. The van der Waals surface area contributed by atoms with E-state index in [4.69, 9.17) is 15.0 Å². The van der Waals surface area contributed by atoms with Crippen molar-refractivity contribution in [2.45, 2.75) is 0 Å². The maximum atomic E-state index is 8.33. The van der Waals surface area contributed by atoms with Gasteiger partial charge in [-0.3, -0.25) is 0 Å². The monoisotopic (exact) mass is 207 g/mol. The van der Waals surface area contributed by atoms with E-state index in [1.54, 1.807) is 0 Å². The molecular formula is CAgCaO3+. The van der Waals surface area contributed by atoms with Gasteiger partial charge in [0.05, 0.1) is 0 Å². The number of carboxylic acid groups (broad SMARTS) is 2. The molecule has 0 rings (SSSR count). The Morgan fingerprint density at radius 1 is 1.33 bits per heavy atom. The van der Waals surface area contributed by atoms with Gasteiger partial charge in [-0.05, 0) is 6.16 Å². The Balaban J connectivity index is -0.0000000450. The van der Waals surface area contributed by atoms with Crippen molar-refractivity contribution in [1.82, 2.24) is 0 Å². The third-order valence-corrected chi connectivity index (χ3v) is 0. The number of carbonyl (C=O) groups excluding carboxylic acids is 1. The quantitative estimate of drug-likeness (QED) is 0.403. The van der Waals surface area contributed by atoms with Gasteiger partial charge in [0.1, 0.15) is 0 Å². The number of hydrogen-bond donors (Lipinski definition) is 0. The molecule has 0 aliphatic rings. The minimum absolute atomic E-state index is 0. The first-order chi connectivity index (χ1) is 1.73. The molecule has 0 aliphatic heterocycles. The number of carbonyl (C=O) groups is 1. The summed E-state index contributed by atoms with van der Waals surface area (Å²) in [5.74, 6) is 0. The first-order valence-corrected chi connectivity index (χ1v) is 0.612. The molecule has 3 nitrogen and oxygen atoms in total. The SMILES string of the molecule is O=C([O-])[O-].[Ag+].[Ca+2]. The Morgan fingerprint density at radius 3 is 1.33 bits per heavy atom. The van der Waals surface area contributed by atoms with Crippen LogP contribution in [0, 0.1) is 0 Å². The molecule has 5 heteroatoms. The van der Waals surface area contributed by atoms with Crippen molar-refractivity contribution in [3.63, 3.8) is 0 Å². The third-order valence-electron chi connectivity index (χ3n) is 0. The van der Waals surface area contributed by atoms with E-state index in [9.17, 15) is 0 Å². The van der Waals surface area contributed by atoms with Crippen LogP contribution in [0.25, 0.3) is 0 Å². The van der Waals surface area contributed by atoms with Gasteiger partial charge >= 0.3 is 60.1 Å². The Labute approximate surface area is 80.2 Å². The normalized spacial score (nSPS) is 4.00. The molecule has 6 heavy (non-hydrogen) atoms. The maximum Gasteiger partial charge on any atom is 2.00 e. The summed E-state index contributed by atoms with van der Waals surface area (Å²) in [5, 5.41) is 16.7. The summed E-state index contributed by atoms with van der Waals surface area (Å²) in [5.41, 5.74) is 0. The van der Waals surface area contributed by atoms with Gasteiger partial charge in [-0.15, -0.1) is 0 Å². The van der Waals surface area contributed by atoms with E-state index in [1.165, 1.54) is 0 Å². The van der Waals surface area contributed by atoms with Gasteiger partial charge in [-0.1, -0.05) is 0 Å². The molecular weight excluding hydrogens is 208 g/mol. The second-order valence-electron chi connectivity index (χ2n) is 0.250. The molecule has 0 aliphatic carbocycles. The Hall–Kier alpha value is 1.27. The zero-order valence-electron chi connectivity index (χ0n) is 2.73. The van der Waals surface area contributed by atoms with Crippen LogP contribution in [0.2, 0.25) is 0 Å². The van der Waals surface area contributed by atoms with Crippen LogP contribution in [0.15, 0.2) is 0 Å². The summed E-state index contributed by atoms with van der Waals surface area (Å²) in [7, 11) is 0. The van der Waals surface area contributed by atoms with Crippen LogP contribution >= 0.6 is 0 Å². The predicted molar refractivity (Wildman–Crippen MR) is 11.1 cm³/mol. The van der Waals surface area contributed by atoms with Crippen LogP contribution in [0.1, 0.15) is 0 Å². The van der Waals surface area contributed by atoms with Crippen LogP contribution in [0.5, 0.6) is 0 Å². The zero-order chi connectivity index (χ0) is 3.58. The minimum Gasteiger partial charge on any atom is -0.652 e. The summed E-state index contributed by atoms with van der Waals surface area (Å²) < 4.78 is 0. The molecule has 0 saturated carbocycles. The van der Waals surface area contributed by atoms with Gasteiger partial charge < -0.3 is 15.0 Å². The van der Waals surface area contributed by atoms with Crippen LogP contribution in [0.4, 0.5) is 4.79 Å². The van der Waals surface area contributed by atoms with Crippen molar-refractivity contribution in [3.05, 3.63) is 0 Å². The minimum atomic E-state index is -2.33. The van der Waals surface area contributed by atoms with Crippen LogP contribution in [-0.2, 0) is 22.4 Å². The van der Waals surface area contributed by atoms with E-state index in [-0.39, 0.29) is 60.1 Å². The molecule has 34 valence electrons. The largest absolute Gasteiger partial charge is 2.00 e. The molecule has 0 aromatic heterocycles. The molecule has 0 heterocycles. The van der Waals surface area contributed by atoms with Gasteiger partial charge in [-0.2, -0.15) is 0 Å². The molecule has 0 saturated heterocycles. The molecule has 0 unspecified atom stereocenters. The topological polar surface area (TPSA) is 63.2 Å². The predicted octanol–water partition coefficient (Wildman–Crippen LogP) is -2.83. The Morgan fingerprint density at radius 2 is 1.33 bits per heavy atom. The summed E-state index contributed by atoms with van der Waals surface area (Å²) in [6.07, 6.45) is -2.33. The van der Waals surface area contributed by atoms with Crippen molar-refractivity contribution >= 4 is 43.9 Å². The number of rotatable bonds is 0. The van der Waals surface area contributed by atoms with Gasteiger partial charge in [0.25, 0.3) is 0 Å². The summed E-state index contributed by atoms with van der Waals surface area (Å²) in [6.45, 7) is 0. The third kappa shape index (κ3) is 59.6. The molecule has 0 bridgehead atoms. The second-order valence-corrected chi connectivity index (χ2v) is 0.250. The smallest absolute Gasteiger partial charge is 0.652 e. The van der Waals surface area contributed by atoms with Crippen LogP contribution in [-0.4, -0.2) is 43.9 Å². The van der Waals surface area contributed by atoms with Crippen molar-refractivity contribution in [3.8, 4) is 0 Å². The zero-order valence-corrected chi connectivity index (χ0v) is 6.42. The average Bonchev–Trinajstić information content (AvgIpc) is 0.811. The van der Waals surface area contributed by atoms with E-state index >= 15 is 0 Å². The summed E-state index contributed by atoms with van der Waals surface area (Å²) in [6, 6.07) is 0. The average molecular weight is 208 g/mol. The van der Waals surface area contributed by atoms with E-state index in [2.05, 4.69) is 0 Å². The molecule has 0 atom stereocenters. The van der Waals surface area contributed by atoms with Gasteiger partial charge in [0.2, 0.25) is 0 Å². The van der Waals surface area contributed by atoms with Gasteiger partial charge in [0, 0.05) is 0 Å². The van der Waals surface area contributed by atoms with Gasteiger partial charge in [0.15, 0.2) is 0 Å². The molecule has 0 amide bonds. The van der Waals surface area contributed by atoms with E-state index in [0.29, 0.717) is 0 Å². The van der Waals surface area contributed by atoms with Crippen molar-refractivity contribution in [2.75, 3.05) is 0 Å². The molecule has 0 spiro atoms. The van der Waals surface area contributed by atoms with E-state index in [0.717, 1.165) is 0 Å². The summed E-state index contributed by atoms with van der Waals surface area (Å²) >= 11 is 0. The fourth-order valence-electron chi connectivity index (χ4n) is 0. The summed E-state index contributed by atoms with van der Waals surface area (Å²) in [4.78, 5) is 8.33.